The van der Waals surface area contributed by atoms with Gasteiger partial charge in [-0.1, -0.05) is 24.3 Å². The molecule has 0 bridgehead atoms. The van der Waals surface area contributed by atoms with Gasteiger partial charge in [0.25, 0.3) is 10.2 Å². The average molecular weight is 349 g/mol. The van der Waals surface area contributed by atoms with Crippen molar-refractivity contribution in [3.05, 3.63) is 42.1 Å². The van der Waals surface area contributed by atoms with Crippen LogP contribution in [0.4, 0.5) is 0 Å². The number of hydrogen-bond acceptors (Lipinski definition) is 4. The minimum atomic E-state index is -3.49. The topological polar surface area (TPSA) is 71.5 Å². The first kappa shape index (κ1) is 17.3. The van der Waals surface area contributed by atoms with E-state index >= 15 is 0 Å². The molecule has 1 aliphatic heterocycles. The number of ether oxygens (including phenoxy) is 1. The lowest BCUT2D eigenvalue weighted by molar-refractivity contribution is -0.0443. The molecular formula is C17H23N3O3S. The molecule has 0 aliphatic carbocycles. The van der Waals surface area contributed by atoms with Crippen molar-refractivity contribution in [2.75, 3.05) is 19.6 Å². The van der Waals surface area contributed by atoms with E-state index in [2.05, 4.69) is 9.71 Å². The number of aromatic nitrogens is 1. The Balaban J connectivity index is 1.65. The fourth-order valence-electron chi connectivity index (χ4n) is 3.10. The third-order valence-electron chi connectivity index (χ3n) is 4.12. The third-order valence-corrected chi connectivity index (χ3v) is 5.67. The van der Waals surface area contributed by atoms with Crippen LogP contribution >= 0.6 is 0 Å². The minimum absolute atomic E-state index is 0.0902. The lowest BCUT2D eigenvalue weighted by Gasteiger charge is -2.34. The van der Waals surface area contributed by atoms with Crippen molar-refractivity contribution in [3.63, 3.8) is 0 Å². The average Bonchev–Trinajstić information content (AvgIpc) is 2.54. The second-order valence-electron chi connectivity index (χ2n) is 6.22. The van der Waals surface area contributed by atoms with Crippen LogP contribution in [0.5, 0.6) is 0 Å². The third kappa shape index (κ3) is 3.92. The number of rotatable bonds is 5. The molecule has 1 N–H and O–H groups in total. The Hall–Kier alpha value is -1.54. The van der Waals surface area contributed by atoms with Gasteiger partial charge in [-0.3, -0.25) is 4.98 Å². The maximum Gasteiger partial charge on any atom is 0.279 e. The lowest BCUT2D eigenvalue weighted by Crippen LogP contribution is -2.52. The monoisotopic (exact) mass is 349 g/mol. The molecular weight excluding hydrogens is 326 g/mol. The molecule has 1 aliphatic rings. The molecule has 0 amide bonds. The van der Waals surface area contributed by atoms with Crippen LogP contribution in [0.25, 0.3) is 10.9 Å². The molecule has 1 aromatic heterocycles. The zero-order valence-corrected chi connectivity index (χ0v) is 14.8. The van der Waals surface area contributed by atoms with Crippen molar-refractivity contribution in [1.29, 1.82) is 0 Å². The Morgan fingerprint density at radius 2 is 1.92 bits per heavy atom. The molecule has 2 aromatic rings. The molecule has 1 aromatic carbocycles. The molecule has 1 saturated heterocycles. The van der Waals surface area contributed by atoms with Crippen LogP contribution in [0.3, 0.4) is 0 Å². The summed E-state index contributed by atoms with van der Waals surface area (Å²) in [4.78, 5) is 4.40. The minimum Gasteiger partial charge on any atom is -0.373 e. The number of hydrogen-bond donors (Lipinski definition) is 1. The van der Waals surface area contributed by atoms with E-state index in [1.807, 2.05) is 44.2 Å². The molecule has 130 valence electrons. The highest BCUT2D eigenvalue weighted by Crippen LogP contribution is 2.17. The SMILES string of the molecule is C[C@@H]1CN(S(=O)(=O)NCCc2cccc3cccnc23)C[C@@H](C)O1. The summed E-state index contributed by atoms with van der Waals surface area (Å²) in [6, 6.07) is 9.87. The molecule has 24 heavy (non-hydrogen) atoms. The van der Waals surface area contributed by atoms with E-state index in [0.29, 0.717) is 26.1 Å². The van der Waals surface area contributed by atoms with Crippen LogP contribution in [-0.4, -0.2) is 49.5 Å². The highest BCUT2D eigenvalue weighted by atomic mass is 32.2. The summed E-state index contributed by atoms with van der Waals surface area (Å²) in [5.41, 5.74) is 1.97. The molecule has 1 fully saturated rings. The van der Waals surface area contributed by atoms with Gasteiger partial charge >= 0.3 is 0 Å². The van der Waals surface area contributed by atoms with E-state index in [0.717, 1.165) is 16.5 Å². The summed E-state index contributed by atoms with van der Waals surface area (Å²) in [7, 11) is -3.49. The quantitative estimate of drug-likeness (QED) is 0.892. The summed E-state index contributed by atoms with van der Waals surface area (Å²) >= 11 is 0. The summed E-state index contributed by atoms with van der Waals surface area (Å²) in [5, 5.41) is 1.06. The van der Waals surface area contributed by atoms with E-state index in [1.165, 1.54) is 4.31 Å². The second-order valence-corrected chi connectivity index (χ2v) is 7.97. The number of benzene rings is 1. The Morgan fingerprint density at radius 1 is 1.21 bits per heavy atom. The number of pyridine rings is 1. The van der Waals surface area contributed by atoms with E-state index in [9.17, 15) is 8.42 Å². The van der Waals surface area contributed by atoms with Crippen LogP contribution < -0.4 is 4.72 Å². The molecule has 0 radical (unpaired) electrons. The van der Waals surface area contributed by atoms with E-state index < -0.39 is 10.2 Å². The largest absolute Gasteiger partial charge is 0.373 e. The van der Waals surface area contributed by atoms with Crippen LogP contribution in [0.1, 0.15) is 19.4 Å². The fourth-order valence-corrected chi connectivity index (χ4v) is 4.46. The van der Waals surface area contributed by atoms with Gasteiger partial charge in [0.05, 0.1) is 17.7 Å². The highest BCUT2D eigenvalue weighted by molar-refractivity contribution is 7.87. The van der Waals surface area contributed by atoms with Crippen LogP contribution in [0.2, 0.25) is 0 Å². The predicted octanol–water partition coefficient (Wildman–Crippen LogP) is 1.72. The molecule has 0 saturated carbocycles. The summed E-state index contributed by atoms with van der Waals surface area (Å²) in [6.45, 7) is 4.89. The molecule has 6 nitrogen and oxygen atoms in total. The van der Waals surface area contributed by atoms with Crippen LogP contribution in [0.15, 0.2) is 36.5 Å². The highest BCUT2D eigenvalue weighted by Gasteiger charge is 2.30. The first-order valence-corrected chi connectivity index (χ1v) is 9.62. The molecule has 2 atom stereocenters. The summed E-state index contributed by atoms with van der Waals surface area (Å²) < 4.78 is 34.7. The van der Waals surface area contributed by atoms with Gasteiger partial charge in [-0.15, -0.1) is 0 Å². The maximum atomic E-state index is 12.5. The molecule has 0 spiro atoms. The van der Waals surface area contributed by atoms with Crippen molar-refractivity contribution in [1.82, 2.24) is 14.0 Å². The molecule has 0 unspecified atom stereocenters. The van der Waals surface area contributed by atoms with Gasteiger partial charge in [-0.25, -0.2) is 4.72 Å². The molecule has 3 rings (SSSR count). The fraction of sp³-hybridized carbons (Fsp3) is 0.471. The lowest BCUT2D eigenvalue weighted by atomic mass is 10.1. The van der Waals surface area contributed by atoms with Crippen molar-refractivity contribution >= 4 is 21.1 Å². The second kappa shape index (κ2) is 7.14. The van der Waals surface area contributed by atoms with Crippen LogP contribution in [-0.2, 0) is 21.4 Å². The first-order valence-electron chi connectivity index (χ1n) is 8.18. The van der Waals surface area contributed by atoms with Gasteiger partial charge in [0, 0.05) is 31.2 Å². The normalized spacial score (nSPS) is 22.8. The zero-order valence-electron chi connectivity index (χ0n) is 14.0. The predicted molar refractivity (Wildman–Crippen MR) is 94.0 cm³/mol. The number of fused-ring (bicyclic) bond motifs is 1. The van der Waals surface area contributed by atoms with Crippen molar-refractivity contribution in [3.8, 4) is 0 Å². The smallest absolute Gasteiger partial charge is 0.279 e. The van der Waals surface area contributed by atoms with Crippen LogP contribution in [0, 0.1) is 0 Å². The van der Waals surface area contributed by atoms with E-state index in [1.54, 1.807) is 6.20 Å². The van der Waals surface area contributed by atoms with Gasteiger partial charge in [0.15, 0.2) is 0 Å². The number of nitrogens with zero attached hydrogens (tertiary/aromatic N) is 2. The Morgan fingerprint density at radius 3 is 2.67 bits per heavy atom. The van der Waals surface area contributed by atoms with Crippen molar-refractivity contribution in [2.45, 2.75) is 32.5 Å². The van der Waals surface area contributed by atoms with Gasteiger partial charge in [-0.2, -0.15) is 12.7 Å². The van der Waals surface area contributed by atoms with Crippen molar-refractivity contribution < 1.29 is 13.2 Å². The molecule has 2 heterocycles. The number of nitrogens with one attached hydrogen (secondary N) is 1. The van der Waals surface area contributed by atoms with Gasteiger partial charge in [0.1, 0.15) is 0 Å². The number of para-hydroxylation sites is 1. The zero-order chi connectivity index (χ0) is 17.2. The Labute approximate surface area is 143 Å². The standard InChI is InChI=1S/C17H23N3O3S/c1-13-11-20(12-14(2)23-13)24(21,22)19-10-8-16-6-3-5-15-7-4-9-18-17(15)16/h3-7,9,13-14,19H,8,10-12H2,1-2H3/t13-,14-/m1/s1. The molecule has 7 heteroatoms. The maximum absolute atomic E-state index is 12.5. The Bertz CT molecular complexity index is 794. The number of morpholine rings is 1. The van der Waals surface area contributed by atoms with E-state index in [4.69, 9.17) is 4.74 Å². The van der Waals surface area contributed by atoms with Gasteiger partial charge < -0.3 is 4.74 Å². The van der Waals surface area contributed by atoms with Crippen molar-refractivity contribution in [2.24, 2.45) is 0 Å². The van der Waals surface area contributed by atoms with Gasteiger partial charge in [0.2, 0.25) is 0 Å². The van der Waals surface area contributed by atoms with E-state index in [-0.39, 0.29) is 12.2 Å². The summed E-state index contributed by atoms with van der Waals surface area (Å²) in [5.74, 6) is 0. The first-order chi connectivity index (χ1) is 11.5. The van der Waals surface area contributed by atoms with Gasteiger partial charge in [-0.05, 0) is 31.9 Å². The summed E-state index contributed by atoms with van der Waals surface area (Å²) in [6.07, 6.45) is 2.18. The Kier molecular flexibility index (Phi) is 5.15.